The number of alkyl halides is 2. The van der Waals surface area contributed by atoms with E-state index in [0.29, 0.717) is 13.0 Å². The minimum absolute atomic E-state index is 0.0280. The number of rotatable bonds is 3. The molecule has 4 heteroatoms. The summed E-state index contributed by atoms with van der Waals surface area (Å²) in [6.07, 6.45) is 1.47. The lowest BCUT2D eigenvalue weighted by molar-refractivity contribution is -0.158. The summed E-state index contributed by atoms with van der Waals surface area (Å²) < 4.78 is 28.3. The topological polar surface area (TPSA) is 29.3 Å². The third-order valence-corrected chi connectivity index (χ3v) is 3.55. The highest BCUT2D eigenvalue weighted by atomic mass is 19.3. The van der Waals surface area contributed by atoms with Crippen molar-refractivity contribution in [1.29, 1.82) is 0 Å². The first-order chi connectivity index (χ1) is 6.81. The van der Waals surface area contributed by atoms with Crippen LogP contribution in [-0.2, 0) is 0 Å². The van der Waals surface area contributed by atoms with Crippen LogP contribution in [0.5, 0.6) is 0 Å². The molecule has 15 heavy (non-hydrogen) atoms. The molecule has 1 unspecified atom stereocenters. The molecule has 0 saturated carbocycles. The van der Waals surface area contributed by atoms with Crippen LogP contribution in [0.1, 0.15) is 26.7 Å². The Kier molecular flexibility index (Phi) is 3.71. The zero-order chi connectivity index (χ0) is 11.7. The molecule has 0 bridgehead atoms. The molecule has 0 aromatic rings. The van der Waals surface area contributed by atoms with Crippen molar-refractivity contribution in [2.75, 3.05) is 26.7 Å². The summed E-state index contributed by atoms with van der Waals surface area (Å²) in [4.78, 5) is 1.98. The Balaban J connectivity index is 2.75. The average Bonchev–Trinajstić information content (AvgIpc) is 2.17. The van der Waals surface area contributed by atoms with E-state index in [2.05, 4.69) is 0 Å². The average molecular weight is 220 g/mol. The van der Waals surface area contributed by atoms with Crippen LogP contribution in [0.4, 0.5) is 8.78 Å². The van der Waals surface area contributed by atoms with Crippen molar-refractivity contribution in [2.45, 2.75) is 32.6 Å². The minimum atomic E-state index is -2.67. The number of piperidine rings is 1. The number of hydrogen-bond acceptors (Lipinski definition) is 2. The van der Waals surface area contributed by atoms with Gasteiger partial charge in [0.25, 0.3) is 5.92 Å². The van der Waals surface area contributed by atoms with Gasteiger partial charge in [0.1, 0.15) is 0 Å². The zero-order valence-electron chi connectivity index (χ0n) is 9.89. The molecule has 0 amide bonds. The first-order valence-corrected chi connectivity index (χ1v) is 5.57. The number of halogens is 2. The lowest BCUT2D eigenvalue weighted by Crippen LogP contribution is -2.52. The summed E-state index contributed by atoms with van der Waals surface area (Å²) in [6, 6.07) is 0. The Bertz CT molecular complexity index is 217. The van der Waals surface area contributed by atoms with E-state index in [4.69, 9.17) is 5.73 Å². The monoisotopic (exact) mass is 220 g/mol. The summed E-state index contributed by atoms with van der Waals surface area (Å²) in [5, 5.41) is 0. The first kappa shape index (κ1) is 12.8. The maximum Gasteiger partial charge on any atom is 0.258 e. The summed E-state index contributed by atoms with van der Waals surface area (Å²) in [7, 11) is 1.90. The zero-order valence-corrected chi connectivity index (χ0v) is 9.89. The Morgan fingerprint density at radius 3 is 2.47 bits per heavy atom. The molecular formula is C11H22F2N2. The smallest absolute Gasteiger partial charge is 0.258 e. The molecule has 1 aliphatic rings. The largest absolute Gasteiger partial charge is 0.330 e. The molecule has 90 valence electrons. The van der Waals surface area contributed by atoms with Gasteiger partial charge in [0.05, 0.1) is 0 Å². The summed E-state index contributed by atoms with van der Waals surface area (Å²) in [5.41, 5.74) is 4.34. The molecule has 2 N–H and O–H groups in total. The van der Waals surface area contributed by atoms with Crippen LogP contribution in [0.2, 0.25) is 0 Å². The predicted molar refractivity (Wildman–Crippen MR) is 58.0 cm³/mol. The van der Waals surface area contributed by atoms with E-state index in [9.17, 15) is 8.78 Å². The van der Waals surface area contributed by atoms with Gasteiger partial charge in [0.2, 0.25) is 0 Å². The van der Waals surface area contributed by atoms with Gasteiger partial charge in [-0.3, -0.25) is 0 Å². The lowest BCUT2D eigenvalue weighted by atomic mass is 9.75. The molecule has 1 atom stereocenters. The molecule has 0 radical (unpaired) electrons. The highest BCUT2D eigenvalue weighted by molar-refractivity contribution is 4.93. The second-order valence-electron chi connectivity index (χ2n) is 5.31. The molecular weight excluding hydrogens is 198 g/mol. The van der Waals surface area contributed by atoms with Gasteiger partial charge in [0, 0.05) is 24.4 Å². The molecule has 0 aromatic heterocycles. The van der Waals surface area contributed by atoms with Crippen LogP contribution in [0, 0.1) is 11.3 Å². The maximum atomic E-state index is 14.2. The van der Waals surface area contributed by atoms with Gasteiger partial charge in [-0.15, -0.1) is 0 Å². The normalized spacial score (nSPS) is 25.6. The van der Waals surface area contributed by atoms with Crippen LogP contribution in [0.25, 0.3) is 0 Å². The highest BCUT2D eigenvalue weighted by Crippen LogP contribution is 2.44. The van der Waals surface area contributed by atoms with Gasteiger partial charge < -0.3 is 10.6 Å². The van der Waals surface area contributed by atoms with E-state index in [-0.39, 0.29) is 6.54 Å². The van der Waals surface area contributed by atoms with Gasteiger partial charge in [0.15, 0.2) is 0 Å². The van der Waals surface area contributed by atoms with Crippen LogP contribution in [0.15, 0.2) is 0 Å². The molecule has 1 fully saturated rings. The van der Waals surface area contributed by atoms with Crippen molar-refractivity contribution in [3.63, 3.8) is 0 Å². The fraction of sp³-hybridized carbons (Fsp3) is 1.00. The van der Waals surface area contributed by atoms with Crippen molar-refractivity contribution in [3.05, 3.63) is 0 Å². The van der Waals surface area contributed by atoms with Gasteiger partial charge in [-0.25, -0.2) is 8.78 Å². The van der Waals surface area contributed by atoms with E-state index < -0.39 is 17.3 Å². The Hall–Kier alpha value is -0.220. The quantitative estimate of drug-likeness (QED) is 0.787. The van der Waals surface area contributed by atoms with E-state index in [1.807, 2.05) is 11.9 Å². The van der Waals surface area contributed by atoms with E-state index in [1.165, 1.54) is 0 Å². The van der Waals surface area contributed by atoms with Crippen molar-refractivity contribution >= 4 is 0 Å². The number of likely N-dealkylation sites (tertiary alicyclic amines) is 1. The molecule has 1 heterocycles. The van der Waals surface area contributed by atoms with Gasteiger partial charge in [-0.1, -0.05) is 13.8 Å². The van der Waals surface area contributed by atoms with Crippen molar-refractivity contribution in [3.8, 4) is 0 Å². The standard InChI is InChI=1S/C11H22F2N2/c1-10(2,8-14)11(12,13)9-5-4-6-15(3)7-9/h9H,4-8,14H2,1-3H3. The summed E-state index contributed by atoms with van der Waals surface area (Å²) in [6.45, 7) is 4.55. The van der Waals surface area contributed by atoms with Crippen molar-refractivity contribution in [1.82, 2.24) is 4.90 Å². The molecule has 0 aliphatic carbocycles. The number of nitrogens with zero attached hydrogens (tertiary/aromatic N) is 1. The van der Waals surface area contributed by atoms with Gasteiger partial charge >= 0.3 is 0 Å². The third kappa shape index (κ3) is 2.48. The fourth-order valence-corrected chi connectivity index (χ4v) is 2.15. The van der Waals surface area contributed by atoms with Gasteiger partial charge in [-0.05, 0) is 26.4 Å². The molecule has 0 spiro atoms. The fourth-order valence-electron chi connectivity index (χ4n) is 2.15. The Morgan fingerprint density at radius 2 is 2.00 bits per heavy atom. The Morgan fingerprint density at radius 1 is 1.40 bits per heavy atom. The third-order valence-electron chi connectivity index (χ3n) is 3.55. The summed E-state index contributed by atoms with van der Waals surface area (Å²) in [5.74, 6) is -3.22. The number of hydrogen-bond donors (Lipinski definition) is 1. The van der Waals surface area contributed by atoms with Crippen LogP contribution in [0.3, 0.4) is 0 Å². The minimum Gasteiger partial charge on any atom is -0.330 e. The highest BCUT2D eigenvalue weighted by Gasteiger charge is 2.52. The molecule has 0 aromatic carbocycles. The van der Waals surface area contributed by atoms with E-state index in [0.717, 1.165) is 13.0 Å². The van der Waals surface area contributed by atoms with Crippen LogP contribution in [-0.4, -0.2) is 37.5 Å². The predicted octanol–water partition coefficient (Wildman–Crippen LogP) is 1.95. The van der Waals surface area contributed by atoms with Crippen LogP contribution < -0.4 is 5.73 Å². The number of nitrogens with two attached hydrogens (primary N) is 1. The molecule has 1 rings (SSSR count). The SMILES string of the molecule is CN1CCCC(C(F)(F)C(C)(C)CN)C1. The van der Waals surface area contributed by atoms with E-state index >= 15 is 0 Å². The van der Waals surface area contributed by atoms with E-state index in [1.54, 1.807) is 13.8 Å². The van der Waals surface area contributed by atoms with Gasteiger partial charge in [-0.2, -0.15) is 0 Å². The second kappa shape index (κ2) is 4.34. The van der Waals surface area contributed by atoms with Crippen LogP contribution >= 0.6 is 0 Å². The second-order valence-corrected chi connectivity index (χ2v) is 5.31. The molecule has 1 saturated heterocycles. The van der Waals surface area contributed by atoms with Crippen molar-refractivity contribution in [2.24, 2.45) is 17.1 Å². The lowest BCUT2D eigenvalue weighted by Gasteiger charge is -2.42. The maximum absolute atomic E-state index is 14.2. The molecule has 2 nitrogen and oxygen atoms in total. The summed E-state index contributed by atoms with van der Waals surface area (Å²) >= 11 is 0. The Labute approximate surface area is 90.8 Å². The first-order valence-electron chi connectivity index (χ1n) is 5.57. The molecule has 1 aliphatic heterocycles. The van der Waals surface area contributed by atoms with Crippen molar-refractivity contribution < 1.29 is 8.78 Å².